The van der Waals surface area contributed by atoms with Crippen molar-refractivity contribution < 1.29 is 13.2 Å². The molecular formula is C15H16IN3O3S. The van der Waals surface area contributed by atoms with Crippen molar-refractivity contribution in [3.05, 3.63) is 46.2 Å². The predicted octanol–water partition coefficient (Wildman–Crippen LogP) is 2.45. The van der Waals surface area contributed by atoms with Gasteiger partial charge < -0.3 is 10.1 Å². The first kappa shape index (κ1) is 16.6. The molecule has 0 aliphatic carbocycles. The lowest BCUT2D eigenvalue weighted by Crippen LogP contribution is -2.40. The lowest BCUT2D eigenvalue weighted by Gasteiger charge is -2.25. The van der Waals surface area contributed by atoms with E-state index in [0.29, 0.717) is 32.1 Å². The summed E-state index contributed by atoms with van der Waals surface area (Å²) in [5.41, 5.74) is 0.904. The average molecular weight is 445 g/mol. The SMILES string of the molecule is O=S(=O)(c1ccc(Nc2ccc(I)cc2)nc1)N1CCOCC1. The Kier molecular flexibility index (Phi) is 5.14. The van der Waals surface area contributed by atoms with Crippen LogP contribution in [0.15, 0.2) is 47.5 Å². The minimum absolute atomic E-state index is 0.201. The third-order valence-corrected chi connectivity index (χ3v) is 6.06. The van der Waals surface area contributed by atoms with Crippen molar-refractivity contribution >= 4 is 44.1 Å². The number of nitrogens with zero attached hydrogens (tertiary/aromatic N) is 2. The van der Waals surface area contributed by atoms with E-state index in [1.807, 2.05) is 24.3 Å². The van der Waals surface area contributed by atoms with Gasteiger partial charge in [-0.1, -0.05) is 0 Å². The van der Waals surface area contributed by atoms with E-state index in [9.17, 15) is 8.42 Å². The summed E-state index contributed by atoms with van der Waals surface area (Å²) >= 11 is 2.24. The molecule has 2 aromatic rings. The van der Waals surface area contributed by atoms with Gasteiger partial charge in [0.25, 0.3) is 0 Å². The molecule has 1 fully saturated rings. The van der Waals surface area contributed by atoms with Gasteiger partial charge in [-0.2, -0.15) is 4.31 Å². The van der Waals surface area contributed by atoms with Crippen molar-refractivity contribution in [1.29, 1.82) is 0 Å². The normalized spacial score (nSPS) is 16.2. The van der Waals surface area contributed by atoms with Gasteiger partial charge in [0.1, 0.15) is 10.7 Å². The van der Waals surface area contributed by atoms with E-state index in [-0.39, 0.29) is 4.90 Å². The molecule has 1 N–H and O–H groups in total. The third kappa shape index (κ3) is 4.00. The van der Waals surface area contributed by atoms with Crippen molar-refractivity contribution in [3.63, 3.8) is 0 Å². The fourth-order valence-electron chi connectivity index (χ4n) is 2.22. The van der Waals surface area contributed by atoms with Crippen LogP contribution < -0.4 is 5.32 Å². The number of benzene rings is 1. The Morgan fingerprint density at radius 3 is 2.39 bits per heavy atom. The van der Waals surface area contributed by atoms with Gasteiger partial charge in [-0.15, -0.1) is 0 Å². The summed E-state index contributed by atoms with van der Waals surface area (Å²) in [5, 5.41) is 3.15. The first-order valence-electron chi connectivity index (χ1n) is 7.12. The van der Waals surface area contributed by atoms with E-state index in [2.05, 4.69) is 32.9 Å². The van der Waals surface area contributed by atoms with Gasteiger partial charge in [0.15, 0.2) is 0 Å². The molecule has 0 bridgehead atoms. The molecule has 6 nitrogen and oxygen atoms in total. The largest absolute Gasteiger partial charge is 0.379 e. The number of sulfonamides is 1. The molecule has 0 saturated carbocycles. The van der Waals surface area contributed by atoms with Crippen molar-refractivity contribution in [1.82, 2.24) is 9.29 Å². The van der Waals surface area contributed by atoms with Crippen molar-refractivity contribution in [2.75, 3.05) is 31.6 Å². The van der Waals surface area contributed by atoms with Crippen LogP contribution in [0.3, 0.4) is 0 Å². The monoisotopic (exact) mass is 445 g/mol. The van der Waals surface area contributed by atoms with Gasteiger partial charge in [-0.3, -0.25) is 0 Å². The Morgan fingerprint density at radius 2 is 1.78 bits per heavy atom. The zero-order chi connectivity index (χ0) is 16.3. The highest BCUT2D eigenvalue weighted by Gasteiger charge is 2.26. The number of halogens is 1. The Balaban J connectivity index is 1.74. The van der Waals surface area contributed by atoms with Gasteiger partial charge in [0.05, 0.1) is 13.2 Å². The topological polar surface area (TPSA) is 71.5 Å². The minimum Gasteiger partial charge on any atom is -0.379 e. The highest BCUT2D eigenvalue weighted by Crippen LogP contribution is 2.20. The van der Waals surface area contributed by atoms with Crippen LogP contribution in [0.5, 0.6) is 0 Å². The summed E-state index contributed by atoms with van der Waals surface area (Å²) in [6, 6.07) is 11.1. The average Bonchev–Trinajstić information content (AvgIpc) is 2.58. The predicted molar refractivity (Wildman–Crippen MR) is 96.3 cm³/mol. The van der Waals surface area contributed by atoms with E-state index < -0.39 is 10.0 Å². The Hall–Kier alpha value is -1.23. The Bertz CT molecular complexity index is 758. The number of pyridine rings is 1. The fraction of sp³-hybridized carbons (Fsp3) is 0.267. The third-order valence-electron chi connectivity index (χ3n) is 3.46. The summed E-state index contributed by atoms with van der Waals surface area (Å²) in [7, 11) is -3.50. The van der Waals surface area contributed by atoms with E-state index in [1.54, 1.807) is 12.1 Å². The minimum atomic E-state index is -3.50. The van der Waals surface area contributed by atoms with Crippen molar-refractivity contribution in [2.45, 2.75) is 4.90 Å². The van der Waals surface area contributed by atoms with Crippen LogP contribution in [0.2, 0.25) is 0 Å². The van der Waals surface area contributed by atoms with Gasteiger partial charge in [-0.25, -0.2) is 13.4 Å². The van der Waals surface area contributed by atoms with E-state index in [4.69, 9.17) is 4.74 Å². The van der Waals surface area contributed by atoms with Crippen molar-refractivity contribution in [2.24, 2.45) is 0 Å². The molecule has 0 radical (unpaired) electrons. The van der Waals surface area contributed by atoms with Crippen LogP contribution in [0.25, 0.3) is 0 Å². The first-order chi connectivity index (χ1) is 11.1. The molecule has 1 saturated heterocycles. The van der Waals surface area contributed by atoms with Crippen LogP contribution in [-0.2, 0) is 14.8 Å². The molecule has 1 aliphatic rings. The Morgan fingerprint density at radius 1 is 1.09 bits per heavy atom. The van der Waals surface area contributed by atoms with E-state index in [0.717, 1.165) is 9.26 Å². The number of hydrogen-bond acceptors (Lipinski definition) is 5. The van der Waals surface area contributed by atoms with Gasteiger partial charge in [0, 0.05) is 28.5 Å². The van der Waals surface area contributed by atoms with Crippen LogP contribution >= 0.6 is 22.6 Å². The standard InChI is InChI=1S/C15H16IN3O3S/c16-12-1-3-13(4-2-12)18-15-6-5-14(11-17-15)23(20,21)19-7-9-22-10-8-19/h1-6,11H,7-10H2,(H,17,18). The summed E-state index contributed by atoms with van der Waals surface area (Å²) < 4.78 is 32.8. The quantitative estimate of drug-likeness (QED) is 0.733. The molecule has 3 rings (SSSR count). The molecule has 23 heavy (non-hydrogen) atoms. The number of aromatic nitrogens is 1. The van der Waals surface area contributed by atoms with Crippen molar-refractivity contribution in [3.8, 4) is 0 Å². The molecule has 1 aliphatic heterocycles. The number of anilines is 2. The maximum Gasteiger partial charge on any atom is 0.244 e. The molecule has 2 heterocycles. The maximum absolute atomic E-state index is 12.5. The van der Waals surface area contributed by atoms with E-state index >= 15 is 0 Å². The van der Waals surface area contributed by atoms with E-state index in [1.165, 1.54) is 10.5 Å². The molecule has 0 unspecified atom stereocenters. The molecule has 0 spiro atoms. The molecule has 0 amide bonds. The fourth-order valence-corrected chi connectivity index (χ4v) is 3.94. The number of hydrogen-bond donors (Lipinski definition) is 1. The maximum atomic E-state index is 12.5. The molecule has 0 atom stereocenters. The number of nitrogens with one attached hydrogen (secondary N) is 1. The second-order valence-electron chi connectivity index (χ2n) is 5.03. The number of ether oxygens (including phenoxy) is 1. The molecular weight excluding hydrogens is 429 g/mol. The highest BCUT2D eigenvalue weighted by molar-refractivity contribution is 14.1. The van der Waals surface area contributed by atoms with Crippen LogP contribution in [-0.4, -0.2) is 44.0 Å². The summed E-state index contributed by atoms with van der Waals surface area (Å²) in [4.78, 5) is 4.41. The van der Waals surface area contributed by atoms with Gasteiger partial charge in [-0.05, 0) is 59.0 Å². The summed E-state index contributed by atoms with van der Waals surface area (Å²) in [5.74, 6) is 0.604. The molecule has 1 aromatic heterocycles. The van der Waals surface area contributed by atoms with Gasteiger partial charge in [0.2, 0.25) is 10.0 Å². The number of rotatable bonds is 4. The molecule has 122 valence electrons. The first-order valence-corrected chi connectivity index (χ1v) is 9.64. The molecule has 8 heteroatoms. The lowest BCUT2D eigenvalue weighted by molar-refractivity contribution is 0.0730. The summed E-state index contributed by atoms with van der Waals surface area (Å²) in [6.07, 6.45) is 1.39. The highest BCUT2D eigenvalue weighted by atomic mass is 127. The zero-order valence-corrected chi connectivity index (χ0v) is 15.2. The number of morpholine rings is 1. The Labute approximate surface area is 149 Å². The van der Waals surface area contributed by atoms with Crippen LogP contribution in [0.1, 0.15) is 0 Å². The van der Waals surface area contributed by atoms with Crippen LogP contribution in [0.4, 0.5) is 11.5 Å². The summed E-state index contributed by atoms with van der Waals surface area (Å²) in [6.45, 7) is 1.62. The smallest absolute Gasteiger partial charge is 0.244 e. The zero-order valence-electron chi connectivity index (χ0n) is 12.3. The van der Waals surface area contributed by atoms with Crippen LogP contribution in [0, 0.1) is 3.57 Å². The second-order valence-corrected chi connectivity index (χ2v) is 8.21. The molecule has 1 aromatic carbocycles. The lowest BCUT2D eigenvalue weighted by atomic mass is 10.3. The second kappa shape index (κ2) is 7.12. The van der Waals surface area contributed by atoms with Gasteiger partial charge >= 0.3 is 0 Å².